The SMILES string of the molecule is CCN(CC)CCn1c(NC(=O)CCc2ccc(C(=O)OC)cc2)nc2ccccc21. The molecule has 0 fully saturated rings. The summed E-state index contributed by atoms with van der Waals surface area (Å²) < 4.78 is 6.79. The Hall–Kier alpha value is -3.19. The molecule has 0 radical (unpaired) electrons. The van der Waals surface area contributed by atoms with Crippen LogP contribution in [0, 0.1) is 0 Å². The minimum atomic E-state index is -0.368. The van der Waals surface area contributed by atoms with Crippen LogP contribution in [-0.2, 0) is 22.5 Å². The number of imidazole rings is 1. The lowest BCUT2D eigenvalue weighted by atomic mass is 10.1. The minimum Gasteiger partial charge on any atom is -0.465 e. The molecule has 1 aromatic heterocycles. The molecule has 0 aliphatic heterocycles. The van der Waals surface area contributed by atoms with Gasteiger partial charge in [0.2, 0.25) is 11.9 Å². The molecule has 1 N–H and O–H groups in total. The predicted octanol–water partition coefficient (Wildman–Crippen LogP) is 3.74. The number of nitrogens with zero attached hydrogens (tertiary/aromatic N) is 3. The number of aromatic nitrogens is 2. The third-order valence-electron chi connectivity index (χ3n) is 5.46. The number of hydrogen-bond donors (Lipinski definition) is 1. The van der Waals surface area contributed by atoms with Gasteiger partial charge in [-0.05, 0) is 49.3 Å². The second-order valence-corrected chi connectivity index (χ2v) is 7.34. The first-order valence-corrected chi connectivity index (χ1v) is 10.7. The fourth-order valence-electron chi connectivity index (χ4n) is 3.55. The number of amides is 1. The van der Waals surface area contributed by atoms with Crippen molar-refractivity contribution < 1.29 is 14.3 Å². The molecular weight excluding hydrogens is 392 g/mol. The summed E-state index contributed by atoms with van der Waals surface area (Å²) in [5.41, 5.74) is 3.37. The number of hydrogen-bond acceptors (Lipinski definition) is 5. The molecule has 3 rings (SSSR count). The van der Waals surface area contributed by atoms with Gasteiger partial charge in [-0.25, -0.2) is 9.78 Å². The van der Waals surface area contributed by atoms with Gasteiger partial charge in [-0.15, -0.1) is 0 Å². The van der Waals surface area contributed by atoms with Crippen LogP contribution in [0.3, 0.4) is 0 Å². The molecule has 0 aliphatic carbocycles. The molecule has 0 saturated carbocycles. The monoisotopic (exact) mass is 422 g/mol. The second-order valence-electron chi connectivity index (χ2n) is 7.34. The van der Waals surface area contributed by atoms with Crippen molar-refractivity contribution in [3.63, 3.8) is 0 Å². The number of carbonyl (C=O) groups excluding carboxylic acids is 2. The molecule has 31 heavy (non-hydrogen) atoms. The Labute approximate surface area is 183 Å². The Morgan fingerprint density at radius 3 is 2.45 bits per heavy atom. The number of carbonyl (C=O) groups is 2. The largest absolute Gasteiger partial charge is 0.465 e. The third kappa shape index (κ3) is 5.70. The fraction of sp³-hybridized carbons (Fsp3) is 0.375. The van der Waals surface area contributed by atoms with E-state index in [1.54, 1.807) is 12.1 Å². The molecule has 1 heterocycles. The predicted molar refractivity (Wildman–Crippen MR) is 122 cm³/mol. The molecule has 0 spiro atoms. The first-order chi connectivity index (χ1) is 15.0. The van der Waals surface area contributed by atoms with Gasteiger partial charge in [-0.1, -0.05) is 38.1 Å². The van der Waals surface area contributed by atoms with E-state index in [-0.39, 0.29) is 11.9 Å². The molecule has 7 heteroatoms. The summed E-state index contributed by atoms with van der Waals surface area (Å²) in [6.07, 6.45) is 0.907. The standard InChI is InChI=1S/C24H30N4O3/c1-4-27(5-2)16-17-28-21-9-7-6-8-20(21)25-24(28)26-22(29)15-12-18-10-13-19(14-11-18)23(30)31-3/h6-11,13-14H,4-5,12,15-17H2,1-3H3,(H,25,26,29). The van der Waals surface area contributed by atoms with Gasteiger partial charge >= 0.3 is 5.97 Å². The van der Waals surface area contributed by atoms with Gasteiger partial charge in [0.15, 0.2) is 0 Å². The van der Waals surface area contributed by atoms with E-state index in [0.717, 1.165) is 42.8 Å². The normalized spacial score (nSPS) is 11.1. The van der Waals surface area contributed by atoms with Crippen molar-refractivity contribution >= 4 is 28.9 Å². The number of benzene rings is 2. The van der Waals surface area contributed by atoms with Crippen LogP contribution in [0.1, 0.15) is 36.2 Å². The molecule has 0 atom stereocenters. The van der Waals surface area contributed by atoms with Gasteiger partial charge in [0.25, 0.3) is 0 Å². The van der Waals surface area contributed by atoms with Gasteiger partial charge in [0, 0.05) is 19.5 Å². The van der Waals surface area contributed by atoms with Crippen LogP contribution >= 0.6 is 0 Å². The van der Waals surface area contributed by atoms with Gasteiger partial charge in [-0.3, -0.25) is 10.1 Å². The average Bonchev–Trinajstić information content (AvgIpc) is 3.15. The quantitative estimate of drug-likeness (QED) is 0.504. The van der Waals surface area contributed by atoms with Gasteiger partial charge < -0.3 is 14.2 Å². The van der Waals surface area contributed by atoms with E-state index in [0.29, 0.717) is 24.4 Å². The van der Waals surface area contributed by atoms with Crippen molar-refractivity contribution in [1.82, 2.24) is 14.5 Å². The van der Waals surface area contributed by atoms with Gasteiger partial charge in [0.1, 0.15) is 0 Å². The topological polar surface area (TPSA) is 76.5 Å². The molecule has 0 bridgehead atoms. The van der Waals surface area contributed by atoms with Crippen molar-refractivity contribution in [3.8, 4) is 0 Å². The maximum atomic E-state index is 12.6. The molecule has 0 unspecified atom stereocenters. The molecule has 164 valence electrons. The summed E-state index contributed by atoms with van der Waals surface area (Å²) in [5, 5.41) is 2.99. The van der Waals surface area contributed by atoms with E-state index in [2.05, 4.69) is 33.6 Å². The van der Waals surface area contributed by atoms with Crippen molar-refractivity contribution in [2.45, 2.75) is 33.2 Å². The fourth-order valence-corrected chi connectivity index (χ4v) is 3.55. The molecule has 3 aromatic rings. The Bertz CT molecular complexity index is 1020. The highest BCUT2D eigenvalue weighted by Gasteiger charge is 2.14. The summed E-state index contributed by atoms with van der Waals surface area (Å²) in [4.78, 5) is 31.2. The van der Waals surface area contributed by atoms with Crippen LogP contribution in [-0.4, -0.2) is 53.1 Å². The molecule has 2 aromatic carbocycles. The second kappa shape index (κ2) is 10.7. The number of aryl methyl sites for hydroxylation is 1. The number of esters is 1. The van der Waals surface area contributed by atoms with Crippen LogP contribution in [0.2, 0.25) is 0 Å². The minimum absolute atomic E-state index is 0.0866. The summed E-state index contributed by atoms with van der Waals surface area (Å²) in [6.45, 7) is 7.92. The number of nitrogens with one attached hydrogen (secondary N) is 1. The summed E-state index contributed by atoms with van der Waals surface area (Å²) >= 11 is 0. The molecule has 7 nitrogen and oxygen atoms in total. The zero-order valence-corrected chi connectivity index (χ0v) is 18.4. The zero-order chi connectivity index (χ0) is 22.2. The van der Waals surface area contributed by atoms with E-state index in [9.17, 15) is 9.59 Å². The summed E-state index contributed by atoms with van der Waals surface area (Å²) in [5.74, 6) is 0.128. The smallest absolute Gasteiger partial charge is 0.337 e. The van der Waals surface area contributed by atoms with Crippen molar-refractivity contribution in [1.29, 1.82) is 0 Å². The number of anilines is 1. The summed E-state index contributed by atoms with van der Waals surface area (Å²) in [6, 6.07) is 15.1. The lowest BCUT2D eigenvalue weighted by molar-refractivity contribution is -0.116. The zero-order valence-electron chi connectivity index (χ0n) is 18.4. The van der Waals surface area contributed by atoms with Crippen LogP contribution in [0.25, 0.3) is 11.0 Å². The first kappa shape index (κ1) is 22.5. The van der Waals surface area contributed by atoms with Crippen LogP contribution in [0.15, 0.2) is 48.5 Å². The average molecular weight is 423 g/mol. The maximum Gasteiger partial charge on any atom is 0.337 e. The Kier molecular flexibility index (Phi) is 7.78. The van der Waals surface area contributed by atoms with Gasteiger partial charge in [0.05, 0.1) is 23.7 Å². The first-order valence-electron chi connectivity index (χ1n) is 10.7. The van der Waals surface area contributed by atoms with E-state index in [1.165, 1.54) is 7.11 Å². The van der Waals surface area contributed by atoms with Gasteiger partial charge in [-0.2, -0.15) is 0 Å². The number of fused-ring (bicyclic) bond motifs is 1. The Morgan fingerprint density at radius 1 is 1.06 bits per heavy atom. The molecule has 0 saturated heterocycles. The summed E-state index contributed by atoms with van der Waals surface area (Å²) in [7, 11) is 1.36. The number of para-hydroxylation sites is 2. The maximum absolute atomic E-state index is 12.6. The molecular formula is C24H30N4O3. The number of ether oxygens (including phenoxy) is 1. The van der Waals surface area contributed by atoms with E-state index < -0.39 is 0 Å². The number of methoxy groups -OCH3 is 1. The lowest BCUT2D eigenvalue weighted by Crippen LogP contribution is -2.27. The van der Waals surface area contributed by atoms with Crippen molar-refractivity contribution in [2.24, 2.45) is 0 Å². The van der Waals surface area contributed by atoms with Crippen LogP contribution in [0.4, 0.5) is 5.95 Å². The van der Waals surface area contributed by atoms with E-state index in [4.69, 9.17) is 4.74 Å². The lowest BCUT2D eigenvalue weighted by Gasteiger charge is -2.19. The molecule has 0 aliphatic rings. The third-order valence-corrected chi connectivity index (χ3v) is 5.46. The highest BCUT2D eigenvalue weighted by molar-refractivity contribution is 5.92. The molecule has 1 amide bonds. The van der Waals surface area contributed by atoms with Crippen LogP contribution < -0.4 is 5.32 Å². The Balaban J connectivity index is 1.67. The van der Waals surface area contributed by atoms with Crippen LogP contribution in [0.5, 0.6) is 0 Å². The van der Waals surface area contributed by atoms with Crippen molar-refractivity contribution in [2.75, 3.05) is 32.1 Å². The number of rotatable bonds is 10. The Morgan fingerprint density at radius 2 is 1.77 bits per heavy atom. The van der Waals surface area contributed by atoms with E-state index >= 15 is 0 Å². The van der Waals surface area contributed by atoms with Crippen molar-refractivity contribution in [3.05, 3.63) is 59.7 Å². The highest BCUT2D eigenvalue weighted by Crippen LogP contribution is 2.20. The highest BCUT2D eigenvalue weighted by atomic mass is 16.5. The van der Waals surface area contributed by atoms with E-state index in [1.807, 2.05) is 36.4 Å². The number of likely N-dealkylation sites (N-methyl/N-ethyl adjacent to an activating group) is 1.